The van der Waals surface area contributed by atoms with Crippen molar-refractivity contribution in [1.29, 1.82) is 0 Å². The molecule has 2 aromatic carbocycles. The second kappa shape index (κ2) is 7.72. The molecule has 0 fully saturated rings. The Morgan fingerprint density at radius 2 is 2.04 bits per heavy atom. The van der Waals surface area contributed by atoms with Crippen LogP contribution in [0.4, 0.5) is 5.95 Å². The number of fused-ring (bicyclic) bond motifs is 1. The van der Waals surface area contributed by atoms with E-state index in [2.05, 4.69) is 46.1 Å². The molecule has 1 N–H and O–H groups in total. The molecule has 0 radical (unpaired) electrons. The van der Waals surface area contributed by atoms with Crippen LogP contribution in [-0.2, 0) is 17.8 Å². The molecule has 1 aliphatic heterocycles. The SMILES string of the molecule is COCCn1c(-c2ccc3c(c2)OCO3)cnc1NCc1cccc(C)c1. The zero-order valence-corrected chi connectivity index (χ0v) is 15.6. The molecule has 1 aromatic heterocycles. The minimum atomic E-state index is 0.269. The molecule has 3 aromatic rings. The molecule has 0 atom stereocenters. The van der Waals surface area contributed by atoms with Crippen molar-refractivity contribution in [3.05, 3.63) is 59.8 Å². The van der Waals surface area contributed by atoms with Crippen molar-refractivity contribution in [2.75, 3.05) is 25.8 Å². The van der Waals surface area contributed by atoms with Gasteiger partial charge in [0.1, 0.15) is 0 Å². The number of rotatable bonds is 7. The summed E-state index contributed by atoms with van der Waals surface area (Å²) in [6.07, 6.45) is 1.88. The van der Waals surface area contributed by atoms with Crippen LogP contribution in [0.3, 0.4) is 0 Å². The van der Waals surface area contributed by atoms with E-state index in [1.165, 1.54) is 11.1 Å². The number of hydrogen-bond donors (Lipinski definition) is 1. The topological polar surface area (TPSA) is 57.5 Å². The van der Waals surface area contributed by atoms with Gasteiger partial charge in [-0.05, 0) is 30.7 Å². The van der Waals surface area contributed by atoms with E-state index in [1.807, 2.05) is 24.4 Å². The largest absolute Gasteiger partial charge is 0.454 e. The molecule has 27 heavy (non-hydrogen) atoms. The van der Waals surface area contributed by atoms with Gasteiger partial charge in [0.05, 0.1) is 18.5 Å². The highest BCUT2D eigenvalue weighted by Gasteiger charge is 2.17. The smallest absolute Gasteiger partial charge is 0.231 e. The average molecular weight is 365 g/mol. The van der Waals surface area contributed by atoms with Crippen molar-refractivity contribution in [2.24, 2.45) is 0 Å². The van der Waals surface area contributed by atoms with Crippen molar-refractivity contribution < 1.29 is 14.2 Å². The first-order valence-electron chi connectivity index (χ1n) is 8.98. The normalized spacial score (nSPS) is 12.4. The van der Waals surface area contributed by atoms with Gasteiger partial charge in [-0.25, -0.2) is 4.98 Å². The molecule has 140 valence electrons. The second-order valence-corrected chi connectivity index (χ2v) is 6.52. The maximum absolute atomic E-state index is 5.51. The van der Waals surface area contributed by atoms with Gasteiger partial charge in [-0.1, -0.05) is 29.8 Å². The van der Waals surface area contributed by atoms with Crippen LogP contribution in [-0.4, -0.2) is 30.1 Å². The van der Waals surface area contributed by atoms with E-state index in [-0.39, 0.29) is 6.79 Å². The highest BCUT2D eigenvalue weighted by Crippen LogP contribution is 2.36. The lowest BCUT2D eigenvalue weighted by atomic mass is 10.1. The molecule has 2 heterocycles. The Kier molecular flexibility index (Phi) is 4.98. The van der Waals surface area contributed by atoms with Crippen LogP contribution in [0.2, 0.25) is 0 Å². The lowest BCUT2D eigenvalue weighted by Gasteiger charge is -2.13. The molecule has 0 bridgehead atoms. The van der Waals surface area contributed by atoms with Gasteiger partial charge < -0.3 is 24.1 Å². The quantitative estimate of drug-likeness (QED) is 0.689. The number of anilines is 1. The minimum Gasteiger partial charge on any atom is -0.454 e. The molecule has 0 unspecified atom stereocenters. The van der Waals surface area contributed by atoms with E-state index in [9.17, 15) is 0 Å². The molecule has 6 heteroatoms. The highest BCUT2D eigenvalue weighted by molar-refractivity contribution is 5.66. The van der Waals surface area contributed by atoms with E-state index in [1.54, 1.807) is 7.11 Å². The summed E-state index contributed by atoms with van der Waals surface area (Å²) in [6, 6.07) is 14.4. The lowest BCUT2D eigenvalue weighted by molar-refractivity contribution is 0.174. The molecule has 0 spiro atoms. The fraction of sp³-hybridized carbons (Fsp3) is 0.286. The Morgan fingerprint density at radius 1 is 1.15 bits per heavy atom. The molecule has 0 amide bonds. The first-order chi connectivity index (χ1) is 13.2. The third-order valence-corrected chi connectivity index (χ3v) is 4.58. The monoisotopic (exact) mass is 365 g/mol. The van der Waals surface area contributed by atoms with Gasteiger partial charge in [0.15, 0.2) is 11.5 Å². The predicted octanol–water partition coefficient (Wildman–Crippen LogP) is 3.85. The van der Waals surface area contributed by atoms with Crippen molar-refractivity contribution in [2.45, 2.75) is 20.0 Å². The maximum atomic E-state index is 5.51. The number of hydrogen-bond acceptors (Lipinski definition) is 5. The van der Waals surface area contributed by atoms with E-state index in [4.69, 9.17) is 14.2 Å². The van der Waals surface area contributed by atoms with E-state index >= 15 is 0 Å². The number of methoxy groups -OCH3 is 1. The molecule has 1 aliphatic rings. The van der Waals surface area contributed by atoms with Gasteiger partial charge in [0.25, 0.3) is 0 Å². The van der Waals surface area contributed by atoms with Crippen LogP contribution in [0.15, 0.2) is 48.7 Å². The van der Waals surface area contributed by atoms with Crippen molar-refractivity contribution in [3.63, 3.8) is 0 Å². The van der Waals surface area contributed by atoms with Gasteiger partial charge in [0, 0.05) is 25.8 Å². The van der Waals surface area contributed by atoms with E-state index in [0.717, 1.165) is 28.7 Å². The molecule has 0 aliphatic carbocycles. The fourth-order valence-corrected chi connectivity index (χ4v) is 3.22. The van der Waals surface area contributed by atoms with Crippen LogP contribution < -0.4 is 14.8 Å². The average Bonchev–Trinajstić information content (AvgIpc) is 3.30. The van der Waals surface area contributed by atoms with Gasteiger partial charge in [-0.2, -0.15) is 0 Å². The maximum Gasteiger partial charge on any atom is 0.231 e. The third-order valence-electron chi connectivity index (χ3n) is 4.58. The first-order valence-corrected chi connectivity index (χ1v) is 8.98. The number of imidazole rings is 1. The molecular formula is C21H23N3O3. The number of benzene rings is 2. The standard InChI is InChI=1S/C21H23N3O3/c1-15-4-3-5-16(10-15)12-22-21-23-13-18(24(21)8-9-25-2)17-6-7-19-20(11-17)27-14-26-19/h3-7,10-11,13H,8-9,12,14H2,1-2H3,(H,22,23). The number of nitrogens with one attached hydrogen (secondary N) is 1. The van der Waals surface area contributed by atoms with Crippen molar-refractivity contribution in [1.82, 2.24) is 9.55 Å². The molecule has 4 rings (SSSR count). The summed E-state index contributed by atoms with van der Waals surface area (Å²) in [5.41, 5.74) is 4.52. The second-order valence-electron chi connectivity index (χ2n) is 6.52. The Bertz CT molecular complexity index is 936. The fourth-order valence-electron chi connectivity index (χ4n) is 3.22. The minimum absolute atomic E-state index is 0.269. The Balaban J connectivity index is 1.60. The number of ether oxygens (including phenoxy) is 3. The molecule has 6 nitrogen and oxygen atoms in total. The van der Waals surface area contributed by atoms with Gasteiger partial charge >= 0.3 is 0 Å². The molecule has 0 saturated carbocycles. The Morgan fingerprint density at radius 3 is 2.89 bits per heavy atom. The van der Waals surface area contributed by atoms with E-state index < -0.39 is 0 Å². The van der Waals surface area contributed by atoms with Crippen molar-refractivity contribution in [3.8, 4) is 22.8 Å². The summed E-state index contributed by atoms with van der Waals surface area (Å²) in [4.78, 5) is 4.60. The summed E-state index contributed by atoms with van der Waals surface area (Å²) in [6.45, 7) is 4.39. The van der Waals surface area contributed by atoms with Crippen LogP contribution >= 0.6 is 0 Å². The summed E-state index contributed by atoms with van der Waals surface area (Å²) in [7, 11) is 1.71. The van der Waals surface area contributed by atoms with Gasteiger partial charge in [-0.15, -0.1) is 0 Å². The summed E-state index contributed by atoms with van der Waals surface area (Å²) in [5, 5.41) is 3.45. The highest BCUT2D eigenvalue weighted by atomic mass is 16.7. The van der Waals surface area contributed by atoms with E-state index in [0.29, 0.717) is 19.7 Å². The summed E-state index contributed by atoms with van der Waals surface area (Å²) >= 11 is 0. The van der Waals surface area contributed by atoms with Crippen LogP contribution in [0.5, 0.6) is 11.5 Å². The Hall–Kier alpha value is -2.99. The zero-order valence-electron chi connectivity index (χ0n) is 15.6. The Labute approximate surface area is 158 Å². The number of nitrogens with zero attached hydrogens (tertiary/aromatic N) is 2. The third kappa shape index (κ3) is 3.75. The predicted molar refractivity (Wildman–Crippen MR) is 104 cm³/mol. The lowest BCUT2D eigenvalue weighted by Crippen LogP contribution is -2.11. The molecule has 0 saturated heterocycles. The van der Waals surface area contributed by atoms with Crippen LogP contribution in [0.25, 0.3) is 11.3 Å². The van der Waals surface area contributed by atoms with Crippen LogP contribution in [0, 0.1) is 6.92 Å². The number of aromatic nitrogens is 2. The van der Waals surface area contributed by atoms with Gasteiger partial charge in [0.2, 0.25) is 12.7 Å². The van der Waals surface area contributed by atoms with Gasteiger partial charge in [-0.3, -0.25) is 0 Å². The zero-order chi connectivity index (χ0) is 18.6. The number of aryl methyl sites for hydroxylation is 1. The first kappa shape index (κ1) is 17.4. The summed E-state index contributed by atoms with van der Waals surface area (Å²) in [5.74, 6) is 2.36. The molecular weight excluding hydrogens is 342 g/mol. The summed E-state index contributed by atoms with van der Waals surface area (Å²) < 4.78 is 18.4. The van der Waals surface area contributed by atoms with Crippen LogP contribution in [0.1, 0.15) is 11.1 Å². The van der Waals surface area contributed by atoms with Crippen molar-refractivity contribution >= 4 is 5.95 Å².